The van der Waals surface area contributed by atoms with E-state index in [1.54, 1.807) is 6.07 Å². The Balaban J connectivity index is 1.41. The molecule has 2 fully saturated rings. The van der Waals surface area contributed by atoms with Crippen LogP contribution in [-0.2, 0) is 9.47 Å². The lowest BCUT2D eigenvalue weighted by Gasteiger charge is -2.34. The molecule has 4 rings (SSSR count). The van der Waals surface area contributed by atoms with Crippen molar-refractivity contribution in [1.29, 1.82) is 0 Å². The minimum Gasteiger partial charge on any atom is -0.486 e. The fourth-order valence-corrected chi connectivity index (χ4v) is 3.46. The Bertz CT molecular complexity index is 616. The summed E-state index contributed by atoms with van der Waals surface area (Å²) in [7, 11) is 0. The minimum absolute atomic E-state index is 0.0401. The van der Waals surface area contributed by atoms with Crippen LogP contribution < -0.4 is 14.8 Å². The summed E-state index contributed by atoms with van der Waals surface area (Å²) >= 11 is 0. The molecule has 6 nitrogen and oxygen atoms in total. The number of benzene rings is 1. The molecule has 1 saturated carbocycles. The SMILES string of the molecule is O=C(N[C@@H]1CCOC[C@H]1OCC1CCC1)c1cccc2c1OCCO2. The first-order chi connectivity index (χ1) is 12.3. The zero-order valence-electron chi connectivity index (χ0n) is 14.4. The summed E-state index contributed by atoms with van der Waals surface area (Å²) in [5, 5.41) is 3.12. The van der Waals surface area contributed by atoms with Crippen molar-refractivity contribution in [3.05, 3.63) is 23.8 Å². The van der Waals surface area contributed by atoms with Crippen molar-refractivity contribution in [2.45, 2.75) is 37.8 Å². The number of carbonyl (C=O) groups is 1. The highest BCUT2D eigenvalue weighted by molar-refractivity contribution is 5.98. The van der Waals surface area contributed by atoms with Gasteiger partial charge < -0.3 is 24.3 Å². The number of carbonyl (C=O) groups excluding carboxylic acids is 1. The van der Waals surface area contributed by atoms with Crippen LogP contribution in [0.25, 0.3) is 0 Å². The average molecular weight is 347 g/mol. The van der Waals surface area contributed by atoms with Gasteiger partial charge in [-0.3, -0.25) is 4.79 Å². The summed E-state index contributed by atoms with van der Waals surface area (Å²) in [6.45, 7) is 2.90. The quantitative estimate of drug-likeness (QED) is 0.884. The van der Waals surface area contributed by atoms with Crippen LogP contribution in [0.4, 0.5) is 0 Å². The molecule has 1 saturated heterocycles. The summed E-state index contributed by atoms with van der Waals surface area (Å²) in [5.74, 6) is 1.69. The van der Waals surface area contributed by atoms with Gasteiger partial charge in [-0.1, -0.05) is 12.5 Å². The van der Waals surface area contributed by atoms with Gasteiger partial charge in [0.1, 0.15) is 19.3 Å². The van der Waals surface area contributed by atoms with Gasteiger partial charge >= 0.3 is 0 Å². The highest BCUT2D eigenvalue weighted by Crippen LogP contribution is 2.33. The maximum atomic E-state index is 12.8. The second kappa shape index (κ2) is 7.62. The van der Waals surface area contributed by atoms with Crippen LogP contribution in [0.15, 0.2) is 18.2 Å². The molecule has 1 amide bonds. The summed E-state index contributed by atoms with van der Waals surface area (Å²) in [6, 6.07) is 5.37. The predicted octanol–water partition coefficient (Wildman–Crippen LogP) is 2.16. The Hall–Kier alpha value is -1.79. The van der Waals surface area contributed by atoms with E-state index in [2.05, 4.69) is 5.32 Å². The summed E-state index contributed by atoms with van der Waals surface area (Å²) in [5.41, 5.74) is 0.515. The molecule has 0 radical (unpaired) electrons. The molecule has 0 bridgehead atoms. The third-order valence-corrected chi connectivity index (χ3v) is 5.20. The van der Waals surface area contributed by atoms with Crippen molar-refractivity contribution in [1.82, 2.24) is 5.32 Å². The van der Waals surface area contributed by atoms with Crippen molar-refractivity contribution >= 4 is 5.91 Å². The number of hydrogen-bond donors (Lipinski definition) is 1. The molecule has 2 atom stereocenters. The van der Waals surface area contributed by atoms with Crippen LogP contribution in [0.3, 0.4) is 0 Å². The molecular weight excluding hydrogens is 322 g/mol. The first-order valence-corrected chi connectivity index (χ1v) is 9.20. The Morgan fingerprint density at radius 2 is 2.04 bits per heavy atom. The van der Waals surface area contributed by atoms with E-state index in [0.29, 0.717) is 49.4 Å². The van der Waals surface area contributed by atoms with E-state index in [1.807, 2.05) is 12.1 Å². The van der Waals surface area contributed by atoms with Crippen molar-refractivity contribution in [3.8, 4) is 11.5 Å². The number of rotatable bonds is 5. The van der Waals surface area contributed by atoms with Crippen LogP contribution in [0.1, 0.15) is 36.0 Å². The van der Waals surface area contributed by atoms with Gasteiger partial charge in [-0.2, -0.15) is 0 Å². The van der Waals surface area contributed by atoms with E-state index >= 15 is 0 Å². The second-order valence-electron chi connectivity index (χ2n) is 6.94. The van der Waals surface area contributed by atoms with Crippen LogP contribution >= 0.6 is 0 Å². The summed E-state index contributed by atoms with van der Waals surface area (Å²) in [6.07, 6.45) is 4.47. The van der Waals surface area contributed by atoms with Gasteiger partial charge in [0.25, 0.3) is 5.91 Å². The molecule has 25 heavy (non-hydrogen) atoms. The van der Waals surface area contributed by atoms with Crippen LogP contribution in [0.2, 0.25) is 0 Å². The topological polar surface area (TPSA) is 66.0 Å². The first kappa shape index (κ1) is 16.7. The first-order valence-electron chi connectivity index (χ1n) is 9.20. The molecule has 6 heteroatoms. The van der Waals surface area contributed by atoms with Gasteiger partial charge in [0.15, 0.2) is 11.5 Å². The Morgan fingerprint density at radius 1 is 1.16 bits per heavy atom. The molecule has 1 N–H and O–H groups in total. The standard InChI is InChI=1S/C19H25NO5/c21-19(14-5-2-6-16-18(14)24-10-9-23-16)20-15-7-8-22-12-17(15)25-11-13-3-1-4-13/h2,5-6,13,15,17H,1,3-4,7-12H2,(H,20,21)/t15-,17-/m1/s1. The number of fused-ring (bicyclic) bond motifs is 1. The monoisotopic (exact) mass is 347 g/mol. The third kappa shape index (κ3) is 3.75. The van der Waals surface area contributed by atoms with Gasteiger partial charge in [0.2, 0.25) is 0 Å². The molecule has 0 unspecified atom stereocenters. The fraction of sp³-hybridized carbons (Fsp3) is 0.632. The van der Waals surface area contributed by atoms with Crippen LogP contribution in [-0.4, -0.2) is 51.1 Å². The van der Waals surface area contributed by atoms with Crippen molar-refractivity contribution in [2.24, 2.45) is 5.92 Å². The molecule has 3 aliphatic rings. The van der Waals surface area contributed by atoms with E-state index in [0.717, 1.165) is 13.0 Å². The van der Waals surface area contributed by atoms with Gasteiger partial charge in [0.05, 0.1) is 18.2 Å². The van der Waals surface area contributed by atoms with E-state index in [4.69, 9.17) is 18.9 Å². The lowest BCUT2D eigenvalue weighted by atomic mass is 9.86. The van der Waals surface area contributed by atoms with E-state index in [9.17, 15) is 4.79 Å². The van der Waals surface area contributed by atoms with Gasteiger partial charge in [-0.05, 0) is 37.3 Å². The minimum atomic E-state index is -0.147. The van der Waals surface area contributed by atoms with Crippen molar-refractivity contribution < 1.29 is 23.7 Å². The molecule has 1 aromatic carbocycles. The van der Waals surface area contributed by atoms with Gasteiger partial charge in [0, 0.05) is 13.2 Å². The largest absolute Gasteiger partial charge is 0.486 e. The van der Waals surface area contributed by atoms with E-state index < -0.39 is 0 Å². The number of ether oxygens (including phenoxy) is 4. The number of amides is 1. The van der Waals surface area contributed by atoms with Crippen molar-refractivity contribution in [2.75, 3.05) is 33.0 Å². The molecule has 2 aliphatic heterocycles. The number of para-hydroxylation sites is 1. The van der Waals surface area contributed by atoms with E-state index in [-0.39, 0.29) is 18.1 Å². The second-order valence-corrected chi connectivity index (χ2v) is 6.94. The third-order valence-electron chi connectivity index (χ3n) is 5.20. The number of hydrogen-bond acceptors (Lipinski definition) is 5. The zero-order valence-corrected chi connectivity index (χ0v) is 14.4. The maximum Gasteiger partial charge on any atom is 0.255 e. The molecule has 0 aromatic heterocycles. The Kier molecular flexibility index (Phi) is 5.08. The lowest BCUT2D eigenvalue weighted by Crippen LogP contribution is -2.50. The fourth-order valence-electron chi connectivity index (χ4n) is 3.46. The Morgan fingerprint density at radius 3 is 2.88 bits per heavy atom. The zero-order chi connectivity index (χ0) is 17.1. The average Bonchev–Trinajstić information content (AvgIpc) is 2.61. The van der Waals surface area contributed by atoms with Crippen LogP contribution in [0, 0.1) is 5.92 Å². The van der Waals surface area contributed by atoms with Gasteiger partial charge in [-0.15, -0.1) is 0 Å². The van der Waals surface area contributed by atoms with Crippen molar-refractivity contribution in [3.63, 3.8) is 0 Å². The van der Waals surface area contributed by atoms with Gasteiger partial charge in [-0.25, -0.2) is 0 Å². The molecule has 2 heterocycles. The molecule has 0 spiro atoms. The molecule has 1 aliphatic carbocycles. The Labute approximate surface area is 147 Å². The predicted molar refractivity (Wildman–Crippen MR) is 91.2 cm³/mol. The highest BCUT2D eigenvalue weighted by Gasteiger charge is 2.31. The smallest absolute Gasteiger partial charge is 0.255 e. The van der Waals surface area contributed by atoms with E-state index in [1.165, 1.54) is 19.3 Å². The summed E-state index contributed by atoms with van der Waals surface area (Å²) in [4.78, 5) is 12.8. The molecule has 1 aromatic rings. The maximum absolute atomic E-state index is 12.8. The number of nitrogens with one attached hydrogen (secondary N) is 1. The normalized spacial score (nSPS) is 25.9. The molecule has 136 valence electrons. The lowest BCUT2D eigenvalue weighted by molar-refractivity contribution is -0.0819. The summed E-state index contributed by atoms with van der Waals surface area (Å²) < 4.78 is 22.8. The van der Waals surface area contributed by atoms with Crippen LogP contribution in [0.5, 0.6) is 11.5 Å². The highest BCUT2D eigenvalue weighted by atomic mass is 16.6. The molecular formula is C19H25NO5.